The van der Waals surface area contributed by atoms with Crippen molar-refractivity contribution in [2.45, 2.75) is 0 Å². The monoisotopic (exact) mass is 602 g/mol. The lowest BCUT2D eigenvalue weighted by Crippen LogP contribution is -1.97. The molecular formula is C43H26N2O2. The van der Waals surface area contributed by atoms with Crippen LogP contribution in [0.25, 0.3) is 94.2 Å². The zero-order chi connectivity index (χ0) is 30.9. The van der Waals surface area contributed by atoms with Crippen molar-refractivity contribution in [3.05, 3.63) is 158 Å². The normalized spacial score (nSPS) is 11.8. The van der Waals surface area contributed by atoms with E-state index >= 15 is 0 Å². The third-order valence-electron chi connectivity index (χ3n) is 9.22. The zero-order valence-corrected chi connectivity index (χ0v) is 25.2. The van der Waals surface area contributed by atoms with E-state index in [9.17, 15) is 0 Å². The largest absolute Gasteiger partial charge is 0.456 e. The molecule has 3 aromatic heterocycles. The molecular weight excluding hydrogens is 576 g/mol. The molecule has 47 heavy (non-hydrogen) atoms. The van der Waals surface area contributed by atoms with E-state index in [0.717, 1.165) is 94.2 Å². The molecule has 0 atom stereocenters. The summed E-state index contributed by atoms with van der Waals surface area (Å²) >= 11 is 0. The topological polar surface area (TPSA) is 44.1 Å². The predicted molar refractivity (Wildman–Crippen MR) is 192 cm³/mol. The maximum absolute atomic E-state index is 6.30. The second-order valence-electron chi connectivity index (χ2n) is 12.0. The van der Waals surface area contributed by atoms with Crippen LogP contribution in [0.2, 0.25) is 0 Å². The number of rotatable bonds is 4. The van der Waals surface area contributed by atoms with Gasteiger partial charge in [0.1, 0.15) is 28.2 Å². The van der Waals surface area contributed by atoms with Gasteiger partial charge >= 0.3 is 0 Å². The standard InChI is InChI=1S/C43H26N2O2/c1-2-9-29(10-3-1)43-44-37-14-5-6-15-38(37)45(43)32-12-8-11-30(23-32)27-17-19-28(20-18-27)31-21-22-40-34(24-31)36-26-41-35(25-42(36)47-40)33-13-4-7-16-39(33)46-41/h1-26H. The SMILES string of the molecule is c1ccc(-c2nc3ccccc3n2-c2cccc(-c3ccc(-c4ccc5oc6cc7c(cc6c5c4)oc4ccccc47)cc3)c2)cc1. The lowest BCUT2D eigenvalue weighted by Gasteiger charge is -2.12. The molecule has 0 amide bonds. The third-order valence-corrected chi connectivity index (χ3v) is 9.22. The van der Waals surface area contributed by atoms with Crippen molar-refractivity contribution in [2.24, 2.45) is 0 Å². The van der Waals surface area contributed by atoms with Crippen LogP contribution in [0.3, 0.4) is 0 Å². The van der Waals surface area contributed by atoms with Crippen molar-refractivity contribution >= 4 is 54.9 Å². The van der Waals surface area contributed by atoms with Gasteiger partial charge in [0.25, 0.3) is 0 Å². The Morgan fingerprint density at radius 1 is 0.383 bits per heavy atom. The molecule has 10 rings (SSSR count). The molecule has 0 saturated carbocycles. The van der Waals surface area contributed by atoms with E-state index in [0.29, 0.717) is 0 Å². The molecule has 0 unspecified atom stereocenters. The lowest BCUT2D eigenvalue weighted by atomic mass is 9.98. The highest BCUT2D eigenvalue weighted by molar-refractivity contribution is 6.15. The molecule has 220 valence electrons. The Hall–Kier alpha value is -6.39. The number of nitrogens with zero attached hydrogens (tertiary/aromatic N) is 2. The molecule has 3 heterocycles. The number of hydrogen-bond donors (Lipinski definition) is 0. The summed E-state index contributed by atoms with van der Waals surface area (Å²) < 4.78 is 14.7. The third kappa shape index (κ3) is 4.12. The molecule has 0 aliphatic rings. The van der Waals surface area contributed by atoms with Gasteiger partial charge in [-0.15, -0.1) is 0 Å². The van der Waals surface area contributed by atoms with E-state index in [-0.39, 0.29) is 0 Å². The molecule has 4 nitrogen and oxygen atoms in total. The van der Waals surface area contributed by atoms with E-state index in [1.165, 1.54) is 0 Å². The second-order valence-corrected chi connectivity index (χ2v) is 12.0. The minimum atomic E-state index is 0.868. The van der Waals surface area contributed by atoms with E-state index < -0.39 is 0 Å². The molecule has 7 aromatic carbocycles. The van der Waals surface area contributed by atoms with Crippen molar-refractivity contribution in [3.63, 3.8) is 0 Å². The van der Waals surface area contributed by atoms with Crippen LogP contribution in [-0.2, 0) is 0 Å². The first-order valence-corrected chi connectivity index (χ1v) is 15.8. The van der Waals surface area contributed by atoms with Gasteiger partial charge in [0, 0.05) is 32.8 Å². The van der Waals surface area contributed by atoms with E-state index in [4.69, 9.17) is 13.8 Å². The van der Waals surface area contributed by atoms with Crippen molar-refractivity contribution in [2.75, 3.05) is 0 Å². The van der Waals surface area contributed by atoms with Gasteiger partial charge in [-0.3, -0.25) is 4.57 Å². The Labute approximate surface area is 269 Å². The van der Waals surface area contributed by atoms with Crippen molar-refractivity contribution in [1.29, 1.82) is 0 Å². The summed E-state index contributed by atoms with van der Waals surface area (Å²) in [5.74, 6) is 0.933. The number of fused-ring (bicyclic) bond motifs is 7. The smallest absolute Gasteiger partial charge is 0.145 e. The van der Waals surface area contributed by atoms with Gasteiger partial charge in [0.05, 0.1) is 11.0 Å². The van der Waals surface area contributed by atoms with Gasteiger partial charge in [-0.05, 0) is 76.9 Å². The summed E-state index contributed by atoms with van der Waals surface area (Å²) in [7, 11) is 0. The van der Waals surface area contributed by atoms with Crippen LogP contribution in [0, 0.1) is 0 Å². The molecule has 0 radical (unpaired) electrons. The van der Waals surface area contributed by atoms with Crippen LogP contribution in [-0.4, -0.2) is 9.55 Å². The van der Waals surface area contributed by atoms with Gasteiger partial charge in [-0.25, -0.2) is 4.98 Å². The van der Waals surface area contributed by atoms with Crippen molar-refractivity contribution in [1.82, 2.24) is 9.55 Å². The average Bonchev–Trinajstić information content (AvgIpc) is 3.82. The summed E-state index contributed by atoms with van der Waals surface area (Å²) in [5.41, 5.74) is 12.3. The highest BCUT2D eigenvalue weighted by atomic mass is 16.3. The molecule has 0 fully saturated rings. The van der Waals surface area contributed by atoms with Crippen LogP contribution in [0.5, 0.6) is 0 Å². The molecule has 0 bridgehead atoms. The fourth-order valence-electron chi connectivity index (χ4n) is 6.92. The predicted octanol–water partition coefficient (Wildman–Crippen LogP) is 11.8. The first-order valence-electron chi connectivity index (χ1n) is 15.8. The van der Waals surface area contributed by atoms with Crippen LogP contribution in [0.1, 0.15) is 0 Å². The Morgan fingerprint density at radius 2 is 0.979 bits per heavy atom. The second kappa shape index (κ2) is 10.1. The maximum atomic E-state index is 6.30. The fraction of sp³-hybridized carbons (Fsp3) is 0. The highest BCUT2D eigenvalue weighted by Crippen LogP contribution is 2.38. The van der Waals surface area contributed by atoms with Gasteiger partial charge in [-0.1, -0.05) is 103 Å². The van der Waals surface area contributed by atoms with Crippen molar-refractivity contribution < 1.29 is 8.83 Å². The minimum Gasteiger partial charge on any atom is -0.456 e. The number of para-hydroxylation sites is 3. The molecule has 0 N–H and O–H groups in total. The van der Waals surface area contributed by atoms with E-state index in [2.05, 4.69) is 132 Å². The number of imidazole rings is 1. The summed E-state index contributed by atoms with van der Waals surface area (Å²) in [5, 5.41) is 4.32. The highest BCUT2D eigenvalue weighted by Gasteiger charge is 2.16. The quantitative estimate of drug-likeness (QED) is 0.201. The Bertz CT molecular complexity index is 2780. The number of aromatic nitrogens is 2. The maximum Gasteiger partial charge on any atom is 0.145 e. The van der Waals surface area contributed by atoms with Gasteiger partial charge < -0.3 is 8.83 Å². The van der Waals surface area contributed by atoms with E-state index in [1.54, 1.807) is 0 Å². The van der Waals surface area contributed by atoms with Gasteiger partial charge in [0.2, 0.25) is 0 Å². The Kier molecular flexibility index (Phi) is 5.54. The van der Waals surface area contributed by atoms with Crippen LogP contribution < -0.4 is 0 Å². The first kappa shape index (κ1) is 25.9. The summed E-state index contributed by atoms with van der Waals surface area (Å²) in [6.45, 7) is 0. The molecule has 10 aromatic rings. The number of hydrogen-bond acceptors (Lipinski definition) is 3. The van der Waals surface area contributed by atoms with Gasteiger partial charge in [-0.2, -0.15) is 0 Å². The van der Waals surface area contributed by atoms with Crippen LogP contribution in [0.15, 0.2) is 167 Å². The molecule has 0 saturated heterocycles. The summed E-state index contributed by atoms with van der Waals surface area (Å²) in [6.07, 6.45) is 0. The molecule has 0 spiro atoms. The lowest BCUT2D eigenvalue weighted by molar-refractivity contribution is 0.664. The Morgan fingerprint density at radius 3 is 1.79 bits per heavy atom. The molecule has 0 aliphatic carbocycles. The van der Waals surface area contributed by atoms with E-state index in [1.807, 2.05) is 30.3 Å². The van der Waals surface area contributed by atoms with Gasteiger partial charge in [0.15, 0.2) is 0 Å². The summed E-state index contributed by atoms with van der Waals surface area (Å²) in [4.78, 5) is 5.02. The number of furan rings is 2. The first-order chi connectivity index (χ1) is 23.3. The van der Waals surface area contributed by atoms with Crippen LogP contribution >= 0.6 is 0 Å². The fourth-order valence-corrected chi connectivity index (χ4v) is 6.92. The molecule has 0 aliphatic heterocycles. The molecule has 4 heteroatoms. The summed E-state index contributed by atoms with van der Waals surface area (Å²) in [6, 6.07) is 55.0. The Balaban J connectivity index is 1.03. The van der Waals surface area contributed by atoms with Crippen LogP contribution in [0.4, 0.5) is 0 Å². The average molecular weight is 603 g/mol. The van der Waals surface area contributed by atoms with Crippen molar-refractivity contribution in [3.8, 4) is 39.3 Å². The minimum absolute atomic E-state index is 0.868. The number of benzene rings is 7. The zero-order valence-electron chi connectivity index (χ0n) is 25.2.